The molecule has 0 saturated carbocycles. The normalized spacial score (nSPS) is 12.2. The van der Waals surface area contributed by atoms with Gasteiger partial charge in [0, 0.05) is 10.6 Å². The lowest BCUT2D eigenvalue weighted by Gasteiger charge is -2.16. The van der Waals surface area contributed by atoms with Crippen LogP contribution in [0, 0.1) is 17.1 Å². The van der Waals surface area contributed by atoms with Crippen molar-refractivity contribution in [3.8, 4) is 6.07 Å². The minimum Gasteiger partial charge on any atom is -0.207 e. The minimum absolute atomic E-state index is 0.108. The van der Waals surface area contributed by atoms with Crippen LogP contribution in [0.5, 0.6) is 0 Å². The highest BCUT2D eigenvalue weighted by Crippen LogP contribution is 2.31. The summed E-state index contributed by atoms with van der Waals surface area (Å²) in [6, 6.07) is 4.85. The number of hydrogen-bond donors (Lipinski definition) is 0. The molecule has 0 saturated heterocycles. The van der Waals surface area contributed by atoms with Gasteiger partial charge in [0.1, 0.15) is 5.82 Å². The smallest absolute Gasteiger partial charge is 0.129 e. The molecule has 0 N–H and O–H groups in total. The zero-order valence-corrected chi connectivity index (χ0v) is 10.3. The maximum Gasteiger partial charge on any atom is 0.129 e. The fraction of sp³-hybridized carbons (Fsp3) is 0.462. The number of halogens is 2. The standard InChI is InChI=1S/C13H15ClFN/c1-3-5-9(4-2)13-10(8-16)6-11(14)7-12(13)15/h6-7,9H,3-5H2,1-2H3. The van der Waals surface area contributed by atoms with Crippen molar-refractivity contribution in [1.82, 2.24) is 0 Å². The van der Waals surface area contributed by atoms with Crippen LogP contribution >= 0.6 is 11.6 Å². The predicted molar refractivity (Wildman–Crippen MR) is 64.1 cm³/mol. The number of rotatable bonds is 4. The summed E-state index contributed by atoms with van der Waals surface area (Å²) in [5, 5.41) is 9.29. The molecule has 1 rings (SSSR count). The van der Waals surface area contributed by atoms with E-state index in [4.69, 9.17) is 16.9 Å². The fourth-order valence-electron chi connectivity index (χ4n) is 1.99. The molecule has 0 aliphatic rings. The first-order chi connectivity index (χ1) is 7.63. The number of nitriles is 1. The Labute approximate surface area is 101 Å². The van der Waals surface area contributed by atoms with Gasteiger partial charge in [0.15, 0.2) is 0 Å². The number of benzene rings is 1. The van der Waals surface area contributed by atoms with Crippen LogP contribution in [-0.4, -0.2) is 0 Å². The molecule has 0 spiro atoms. The molecule has 3 heteroatoms. The molecule has 0 aliphatic heterocycles. The third-order valence-corrected chi connectivity index (χ3v) is 2.97. The van der Waals surface area contributed by atoms with Crippen molar-refractivity contribution in [2.75, 3.05) is 0 Å². The molecular weight excluding hydrogens is 225 g/mol. The highest BCUT2D eigenvalue weighted by Gasteiger charge is 2.18. The average Bonchev–Trinajstić information content (AvgIpc) is 2.25. The molecule has 86 valence electrons. The largest absolute Gasteiger partial charge is 0.207 e. The van der Waals surface area contributed by atoms with E-state index in [9.17, 15) is 4.39 Å². The Bertz CT molecular complexity index is 409. The van der Waals surface area contributed by atoms with Crippen molar-refractivity contribution in [2.24, 2.45) is 0 Å². The monoisotopic (exact) mass is 239 g/mol. The van der Waals surface area contributed by atoms with Crippen LogP contribution in [0.1, 0.15) is 50.2 Å². The van der Waals surface area contributed by atoms with Gasteiger partial charge < -0.3 is 0 Å². The third kappa shape index (κ3) is 2.74. The van der Waals surface area contributed by atoms with E-state index in [1.54, 1.807) is 0 Å². The van der Waals surface area contributed by atoms with Crippen LogP contribution in [0.15, 0.2) is 12.1 Å². The van der Waals surface area contributed by atoms with Gasteiger partial charge in [-0.25, -0.2) is 4.39 Å². The molecule has 0 radical (unpaired) electrons. The highest BCUT2D eigenvalue weighted by atomic mass is 35.5. The van der Waals surface area contributed by atoms with Crippen molar-refractivity contribution in [3.05, 3.63) is 34.1 Å². The Kier molecular flexibility index (Phi) is 4.76. The van der Waals surface area contributed by atoms with Gasteiger partial charge in [-0.05, 0) is 30.9 Å². The summed E-state index contributed by atoms with van der Waals surface area (Å²) in [6.45, 7) is 4.07. The van der Waals surface area contributed by atoms with E-state index < -0.39 is 0 Å². The molecule has 1 atom stereocenters. The second kappa shape index (κ2) is 5.86. The van der Waals surface area contributed by atoms with E-state index in [-0.39, 0.29) is 16.8 Å². The van der Waals surface area contributed by atoms with Crippen LogP contribution in [0.3, 0.4) is 0 Å². The Morgan fingerprint density at radius 1 is 1.44 bits per heavy atom. The van der Waals surface area contributed by atoms with E-state index >= 15 is 0 Å². The lowest BCUT2D eigenvalue weighted by molar-refractivity contribution is 0.538. The van der Waals surface area contributed by atoms with Crippen molar-refractivity contribution in [1.29, 1.82) is 5.26 Å². The fourth-order valence-corrected chi connectivity index (χ4v) is 2.20. The van der Waals surface area contributed by atoms with Gasteiger partial charge in [-0.1, -0.05) is 31.9 Å². The van der Waals surface area contributed by atoms with Crippen LogP contribution in [0.2, 0.25) is 5.02 Å². The van der Waals surface area contributed by atoms with Crippen molar-refractivity contribution in [2.45, 2.75) is 39.0 Å². The van der Waals surface area contributed by atoms with Gasteiger partial charge in [0.2, 0.25) is 0 Å². The summed E-state index contributed by atoms with van der Waals surface area (Å²) >= 11 is 5.73. The quantitative estimate of drug-likeness (QED) is 0.751. The predicted octanol–water partition coefficient (Wildman–Crippen LogP) is 4.64. The molecule has 1 nitrogen and oxygen atoms in total. The molecule has 1 unspecified atom stereocenters. The van der Waals surface area contributed by atoms with Crippen LogP contribution in [-0.2, 0) is 0 Å². The topological polar surface area (TPSA) is 23.8 Å². The summed E-state index contributed by atoms with van der Waals surface area (Å²) in [6.07, 6.45) is 2.70. The maximum atomic E-state index is 13.8. The second-order valence-corrected chi connectivity index (χ2v) is 4.29. The van der Waals surface area contributed by atoms with Gasteiger partial charge in [-0.3, -0.25) is 0 Å². The van der Waals surface area contributed by atoms with Gasteiger partial charge in [-0.15, -0.1) is 0 Å². The molecule has 0 aromatic heterocycles. The Morgan fingerprint density at radius 2 is 2.12 bits per heavy atom. The van der Waals surface area contributed by atoms with E-state index in [0.29, 0.717) is 11.1 Å². The average molecular weight is 240 g/mol. The van der Waals surface area contributed by atoms with E-state index in [2.05, 4.69) is 6.92 Å². The molecule has 0 bridgehead atoms. The van der Waals surface area contributed by atoms with Crippen molar-refractivity contribution < 1.29 is 4.39 Å². The molecule has 16 heavy (non-hydrogen) atoms. The van der Waals surface area contributed by atoms with Gasteiger partial charge in [-0.2, -0.15) is 5.26 Å². The minimum atomic E-state index is -0.357. The van der Waals surface area contributed by atoms with E-state index in [1.807, 2.05) is 13.0 Å². The molecule has 1 aromatic rings. The Morgan fingerprint density at radius 3 is 2.62 bits per heavy atom. The van der Waals surface area contributed by atoms with Gasteiger partial charge in [0.05, 0.1) is 11.6 Å². The van der Waals surface area contributed by atoms with E-state index in [0.717, 1.165) is 19.3 Å². The summed E-state index contributed by atoms with van der Waals surface area (Å²) in [5.41, 5.74) is 0.890. The molecular formula is C13H15ClFN. The highest BCUT2D eigenvalue weighted by molar-refractivity contribution is 6.30. The molecule has 0 aliphatic carbocycles. The lowest BCUT2D eigenvalue weighted by Crippen LogP contribution is -2.04. The zero-order chi connectivity index (χ0) is 12.1. The molecule has 0 heterocycles. The van der Waals surface area contributed by atoms with Crippen LogP contribution in [0.4, 0.5) is 4.39 Å². The Hall–Kier alpha value is -1.07. The summed E-state index contributed by atoms with van der Waals surface area (Å²) in [7, 11) is 0. The SMILES string of the molecule is CCCC(CC)c1c(F)cc(Cl)cc1C#N. The third-order valence-electron chi connectivity index (χ3n) is 2.75. The van der Waals surface area contributed by atoms with Crippen LogP contribution < -0.4 is 0 Å². The van der Waals surface area contributed by atoms with Crippen LogP contribution in [0.25, 0.3) is 0 Å². The summed E-state index contributed by atoms with van der Waals surface area (Å²) in [4.78, 5) is 0. The first-order valence-corrected chi connectivity index (χ1v) is 5.90. The zero-order valence-electron chi connectivity index (χ0n) is 9.56. The molecule has 0 amide bonds. The summed E-state index contributed by atoms with van der Waals surface area (Å²) in [5.74, 6) is -0.249. The number of nitrogens with zero attached hydrogens (tertiary/aromatic N) is 1. The van der Waals surface area contributed by atoms with Crippen molar-refractivity contribution in [3.63, 3.8) is 0 Å². The summed E-state index contributed by atoms with van der Waals surface area (Å²) < 4.78 is 13.8. The lowest BCUT2D eigenvalue weighted by atomic mass is 9.88. The first-order valence-electron chi connectivity index (χ1n) is 5.53. The van der Waals surface area contributed by atoms with Gasteiger partial charge >= 0.3 is 0 Å². The van der Waals surface area contributed by atoms with Crippen molar-refractivity contribution >= 4 is 11.6 Å². The Balaban J connectivity index is 3.25. The van der Waals surface area contributed by atoms with Gasteiger partial charge in [0.25, 0.3) is 0 Å². The van der Waals surface area contributed by atoms with E-state index in [1.165, 1.54) is 12.1 Å². The number of hydrogen-bond acceptors (Lipinski definition) is 1. The molecule has 0 fully saturated rings. The molecule has 1 aromatic carbocycles. The maximum absolute atomic E-state index is 13.8. The first kappa shape index (κ1) is 13.0. The second-order valence-electron chi connectivity index (χ2n) is 3.85.